The molecule has 0 unspecified atom stereocenters. The number of nitrogens with zero attached hydrogens (tertiary/aromatic N) is 2. The Hall–Kier alpha value is -3.21. The molecule has 1 heterocycles. The second-order valence-electron chi connectivity index (χ2n) is 7.32. The number of rotatable bonds is 3. The average molecular weight is 390 g/mol. The first kappa shape index (κ1) is 19.1. The van der Waals surface area contributed by atoms with E-state index in [2.05, 4.69) is 0 Å². The van der Waals surface area contributed by atoms with Crippen LogP contribution in [-0.2, 0) is 11.2 Å². The molecular formula is C24H23FN2O2. The highest BCUT2D eigenvalue weighted by Gasteiger charge is 2.24. The van der Waals surface area contributed by atoms with Crippen LogP contribution in [0.25, 0.3) is 10.8 Å². The molecule has 0 atom stereocenters. The van der Waals surface area contributed by atoms with Gasteiger partial charge >= 0.3 is 0 Å². The highest BCUT2D eigenvalue weighted by Crippen LogP contribution is 2.20. The summed E-state index contributed by atoms with van der Waals surface area (Å²) in [6, 6.07) is 20.1. The number of hydrogen-bond acceptors (Lipinski definition) is 2. The van der Waals surface area contributed by atoms with Crippen LogP contribution in [0, 0.1) is 5.82 Å². The van der Waals surface area contributed by atoms with Crippen molar-refractivity contribution in [3.63, 3.8) is 0 Å². The van der Waals surface area contributed by atoms with E-state index in [9.17, 15) is 14.0 Å². The quantitative estimate of drug-likeness (QED) is 0.681. The third-order valence-electron chi connectivity index (χ3n) is 5.46. The lowest BCUT2D eigenvalue weighted by molar-refractivity contribution is -0.130. The second kappa shape index (κ2) is 8.43. The molecule has 1 fully saturated rings. The minimum Gasteiger partial charge on any atom is -0.341 e. The van der Waals surface area contributed by atoms with Crippen molar-refractivity contribution >= 4 is 22.6 Å². The number of fused-ring (bicyclic) bond motifs is 1. The minimum atomic E-state index is -0.509. The lowest BCUT2D eigenvalue weighted by Gasteiger charge is -2.22. The minimum absolute atomic E-state index is 0.0570. The molecule has 1 aliphatic heterocycles. The second-order valence-corrected chi connectivity index (χ2v) is 7.32. The first-order valence-electron chi connectivity index (χ1n) is 9.92. The number of amides is 2. The van der Waals surface area contributed by atoms with Gasteiger partial charge in [0.25, 0.3) is 5.91 Å². The van der Waals surface area contributed by atoms with Gasteiger partial charge in [-0.3, -0.25) is 9.59 Å². The first-order valence-corrected chi connectivity index (χ1v) is 9.92. The van der Waals surface area contributed by atoms with Crippen molar-refractivity contribution in [3.05, 3.63) is 83.7 Å². The maximum atomic E-state index is 14.0. The van der Waals surface area contributed by atoms with Gasteiger partial charge in [-0.2, -0.15) is 0 Å². The van der Waals surface area contributed by atoms with Gasteiger partial charge in [0.1, 0.15) is 5.82 Å². The van der Waals surface area contributed by atoms with Crippen LogP contribution < -0.4 is 0 Å². The van der Waals surface area contributed by atoms with Crippen molar-refractivity contribution in [1.82, 2.24) is 9.80 Å². The van der Waals surface area contributed by atoms with Crippen LogP contribution in [0.2, 0.25) is 0 Å². The molecule has 3 aromatic rings. The number of hydrogen-bond donors (Lipinski definition) is 0. The summed E-state index contributed by atoms with van der Waals surface area (Å²) in [5, 5.41) is 2.21. The molecule has 1 saturated heterocycles. The van der Waals surface area contributed by atoms with Crippen molar-refractivity contribution in [2.75, 3.05) is 26.2 Å². The topological polar surface area (TPSA) is 40.6 Å². The molecule has 0 aromatic heterocycles. The summed E-state index contributed by atoms with van der Waals surface area (Å²) < 4.78 is 14.0. The van der Waals surface area contributed by atoms with E-state index in [1.807, 2.05) is 47.4 Å². The summed E-state index contributed by atoms with van der Waals surface area (Å²) in [6.45, 7) is 1.99. The van der Waals surface area contributed by atoms with Gasteiger partial charge in [0.05, 0.1) is 12.0 Å². The molecule has 0 spiro atoms. The van der Waals surface area contributed by atoms with Crippen LogP contribution in [-0.4, -0.2) is 47.8 Å². The smallest absolute Gasteiger partial charge is 0.256 e. The number of carbonyl (C=O) groups is 2. The van der Waals surface area contributed by atoms with Gasteiger partial charge in [0, 0.05) is 26.2 Å². The van der Waals surface area contributed by atoms with Crippen LogP contribution >= 0.6 is 0 Å². The van der Waals surface area contributed by atoms with E-state index in [0.717, 1.165) is 16.3 Å². The molecule has 0 saturated carbocycles. The molecule has 0 N–H and O–H groups in total. The molecule has 5 heteroatoms. The Labute approximate surface area is 169 Å². The fourth-order valence-electron chi connectivity index (χ4n) is 3.90. The molecule has 3 aromatic carbocycles. The van der Waals surface area contributed by atoms with Gasteiger partial charge in [-0.15, -0.1) is 0 Å². The Morgan fingerprint density at radius 3 is 2.34 bits per heavy atom. The molecule has 0 aliphatic carbocycles. The lowest BCUT2D eigenvalue weighted by atomic mass is 10.0. The Morgan fingerprint density at radius 1 is 0.793 bits per heavy atom. The molecule has 4 nitrogen and oxygen atoms in total. The maximum Gasteiger partial charge on any atom is 0.256 e. The van der Waals surface area contributed by atoms with E-state index < -0.39 is 5.82 Å². The average Bonchev–Trinajstić information content (AvgIpc) is 3.00. The van der Waals surface area contributed by atoms with E-state index in [-0.39, 0.29) is 17.4 Å². The van der Waals surface area contributed by atoms with Crippen LogP contribution in [0.1, 0.15) is 22.3 Å². The molecule has 0 bridgehead atoms. The molecule has 148 valence electrons. The largest absolute Gasteiger partial charge is 0.341 e. The van der Waals surface area contributed by atoms with Crippen molar-refractivity contribution < 1.29 is 14.0 Å². The van der Waals surface area contributed by atoms with Gasteiger partial charge in [-0.05, 0) is 34.9 Å². The molecular weight excluding hydrogens is 367 g/mol. The van der Waals surface area contributed by atoms with Crippen molar-refractivity contribution in [1.29, 1.82) is 0 Å². The van der Waals surface area contributed by atoms with Gasteiger partial charge in [-0.1, -0.05) is 54.6 Å². The number of benzene rings is 3. The SMILES string of the molecule is O=C(Cc1cccc2ccccc12)N1CCCN(C(=O)c2ccccc2F)CC1. The third kappa shape index (κ3) is 4.14. The van der Waals surface area contributed by atoms with Crippen molar-refractivity contribution in [2.24, 2.45) is 0 Å². The fraction of sp³-hybridized carbons (Fsp3) is 0.250. The van der Waals surface area contributed by atoms with Gasteiger partial charge in [0.15, 0.2) is 0 Å². The molecule has 2 amide bonds. The van der Waals surface area contributed by atoms with E-state index >= 15 is 0 Å². The summed E-state index contributed by atoms with van der Waals surface area (Å²) in [4.78, 5) is 29.1. The molecule has 29 heavy (non-hydrogen) atoms. The Kier molecular flexibility index (Phi) is 5.56. The van der Waals surface area contributed by atoms with Crippen LogP contribution in [0.4, 0.5) is 4.39 Å². The first-order chi connectivity index (χ1) is 14.1. The lowest BCUT2D eigenvalue weighted by Crippen LogP contribution is -2.38. The monoisotopic (exact) mass is 390 g/mol. The zero-order valence-electron chi connectivity index (χ0n) is 16.2. The van der Waals surface area contributed by atoms with E-state index in [1.54, 1.807) is 17.0 Å². The van der Waals surface area contributed by atoms with Gasteiger partial charge < -0.3 is 9.80 Å². The zero-order valence-corrected chi connectivity index (χ0v) is 16.2. The van der Waals surface area contributed by atoms with Gasteiger partial charge in [-0.25, -0.2) is 4.39 Å². The highest BCUT2D eigenvalue weighted by atomic mass is 19.1. The normalized spacial score (nSPS) is 14.7. The number of halogens is 1. The van der Waals surface area contributed by atoms with Gasteiger partial charge in [0.2, 0.25) is 5.91 Å². The van der Waals surface area contributed by atoms with E-state index in [0.29, 0.717) is 39.0 Å². The van der Waals surface area contributed by atoms with Crippen LogP contribution in [0.3, 0.4) is 0 Å². The maximum absolute atomic E-state index is 14.0. The number of carbonyl (C=O) groups excluding carboxylic acids is 2. The predicted octanol–water partition coefficient (Wildman–Crippen LogP) is 3.90. The zero-order chi connectivity index (χ0) is 20.2. The summed E-state index contributed by atoms with van der Waals surface area (Å²) in [6.07, 6.45) is 1.02. The summed E-state index contributed by atoms with van der Waals surface area (Å²) in [5.41, 5.74) is 1.10. The van der Waals surface area contributed by atoms with Crippen LogP contribution in [0.5, 0.6) is 0 Å². The Bertz CT molecular complexity index is 1040. The summed E-state index contributed by atoms with van der Waals surface area (Å²) in [5.74, 6) is -0.765. The molecule has 4 rings (SSSR count). The Morgan fingerprint density at radius 2 is 1.48 bits per heavy atom. The standard InChI is InChI=1S/C24H23FN2O2/c25-22-12-4-3-11-21(22)24(29)27-14-6-13-26(15-16-27)23(28)17-19-9-5-8-18-7-1-2-10-20(18)19/h1-5,7-12H,6,13-17H2. The Balaban J connectivity index is 1.43. The molecule has 1 aliphatic rings. The van der Waals surface area contributed by atoms with E-state index in [1.165, 1.54) is 12.1 Å². The molecule has 0 radical (unpaired) electrons. The van der Waals surface area contributed by atoms with Crippen LogP contribution in [0.15, 0.2) is 66.7 Å². The van der Waals surface area contributed by atoms with Crippen molar-refractivity contribution in [3.8, 4) is 0 Å². The fourth-order valence-corrected chi connectivity index (χ4v) is 3.90. The van der Waals surface area contributed by atoms with Crippen molar-refractivity contribution in [2.45, 2.75) is 12.8 Å². The third-order valence-corrected chi connectivity index (χ3v) is 5.46. The van der Waals surface area contributed by atoms with E-state index in [4.69, 9.17) is 0 Å². The summed E-state index contributed by atoms with van der Waals surface area (Å²) >= 11 is 0. The highest BCUT2D eigenvalue weighted by molar-refractivity contribution is 5.94. The predicted molar refractivity (Wildman–Crippen MR) is 111 cm³/mol. The summed E-state index contributed by atoms with van der Waals surface area (Å²) in [7, 11) is 0.